The highest BCUT2D eigenvalue weighted by molar-refractivity contribution is 6.04. The fraction of sp³-hybridized carbons (Fsp3) is 0.364. The van der Waals surface area contributed by atoms with Crippen LogP contribution in [0.3, 0.4) is 0 Å². The first kappa shape index (κ1) is 20.5. The van der Waals surface area contributed by atoms with Gasteiger partial charge in [0, 0.05) is 6.54 Å². The Morgan fingerprint density at radius 1 is 1.04 bits per heavy atom. The van der Waals surface area contributed by atoms with Crippen LogP contribution in [0.2, 0.25) is 0 Å². The highest BCUT2D eigenvalue weighted by Crippen LogP contribution is 2.25. The minimum atomic E-state index is -0.701. The number of nitrogens with one attached hydrogen (secondary N) is 2. The van der Waals surface area contributed by atoms with E-state index in [2.05, 4.69) is 31.4 Å². The molecule has 1 atom stereocenters. The van der Waals surface area contributed by atoms with E-state index in [9.17, 15) is 9.59 Å². The van der Waals surface area contributed by atoms with Gasteiger partial charge in [-0.1, -0.05) is 45.0 Å². The Morgan fingerprint density at radius 3 is 2.26 bits per heavy atom. The van der Waals surface area contributed by atoms with E-state index in [-0.39, 0.29) is 17.2 Å². The molecule has 0 aliphatic rings. The third-order valence-corrected chi connectivity index (χ3v) is 4.17. The number of carbonyl (C=O) groups is 2. The monoisotopic (exact) mass is 368 g/mol. The summed E-state index contributed by atoms with van der Waals surface area (Å²) in [5.74, 6) is 0.0917. The summed E-state index contributed by atoms with van der Waals surface area (Å²) in [7, 11) is 0. The first-order chi connectivity index (χ1) is 12.7. The summed E-state index contributed by atoms with van der Waals surface area (Å²) in [5, 5.41) is 5.52. The number of benzene rings is 2. The maximum Gasteiger partial charge on any atom is 0.265 e. The number of hydrogen-bond acceptors (Lipinski definition) is 3. The minimum absolute atomic E-state index is 0.0598. The standard InChI is InChI=1S/C22H28N2O3/c1-6-23-21(26)18-9-7-8-10-19(18)24-20(25)15(2)27-17-13-11-16(12-14-17)22(3,4)5/h7-15H,6H2,1-5H3,(H,23,26)(H,24,25). The molecule has 1 unspecified atom stereocenters. The smallest absolute Gasteiger partial charge is 0.265 e. The van der Waals surface area contributed by atoms with Gasteiger partial charge in [-0.05, 0) is 49.1 Å². The highest BCUT2D eigenvalue weighted by Gasteiger charge is 2.19. The van der Waals surface area contributed by atoms with Crippen molar-refractivity contribution in [3.05, 3.63) is 59.7 Å². The zero-order chi connectivity index (χ0) is 20.0. The third-order valence-electron chi connectivity index (χ3n) is 4.17. The third kappa shape index (κ3) is 5.58. The Hall–Kier alpha value is -2.82. The SMILES string of the molecule is CCNC(=O)c1ccccc1NC(=O)C(C)Oc1ccc(C(C)(C)C)cc1. The predicted octanol–water partition coefficient (Wildman–Crippen LogP) is 4.14. The molecule has 0 radical (unpaired) electrons. The van der Waals surface area contributed by atoms with Gasteiger partial charge in [-0.2, -0.15) is 0 Å². The van der Waals surface area contributed by atoms with E-state index >= 15 is 0 Å². The van der Waals surface area contributed by atoms with Crippen molar-refractivity contribution in [2.24, 2.45) is 0 Å². The molecule has 2 aromatic carbocycles. The highest BCUT2D eigenvalue weighted by atomic mass is 16.5. The molecular formula is C22H28N2O3. The fourth-order valence-electron chi connectivity index (χ4n) is 2.57. The second-order valence-corrected chi connectivity index (χ2v) is 7.43. The molecule has 2 rings (SSSR count). The molecule has 0 aliphatic heterocycles. The Labute approximate surface area is 161 Å². The summed E-state index contributed by atoms with van der Waals surface area (Å²) in [6.45, 7) is 10.5. The molecule has 0 bridgehead atoms. The average Bonchev–Trinajstić information content (AvgIpc) is 2.62. The number of ether oxygens (including phenoxy) is 1. The van der Waals surface area contributed by atoms with Crippen LogP contribution in [0.5, 0.6) is 5.75 Å². The van der Waals surface area contributed by atoms with Gasteiger partial charge in [0.05, 0.1) is 11.3 Å². The van der Waals surface area contributed by atoms with E-state index in [1.165, 1.54) is 5.56 Å². The lowest BCUT2D eigenvalue weighted by atomic mass is 9.87. The fourth-order valence-corrected chi connectivity index (χ4v) is 2.57. The van der Waals surface area contributed by atoms with Gasteiger partial charge in [-0.3, -0.25) is 9.59 Å². The first-order valence-corrected chi connectivity index (χ1v) is 9.17. The molecule has 0 aromatic heterocycles. The van der Waals surface area contributed by atoms with Crippen LogP contribution in [0.1, 0.15) is 50.5 Å². The molecule has 0 spiro atoms. The number of para-hydroxylation sites is 1. The van der Waals surface area contributed by atoms with Crippen molar-refractivity contribution in [2.75, 3.05) is 11.9 Å². The van der Waals surface area contributed by atoms with Crippen LogP contribution >= 0.6 is 0 Å². The van der Waals surface area contributed by atoms with E-state index in [0.717, 1.165) is 0 Å². The summed E-state index contributed by atoms with van der Waals surface area (Å²) in [6.07, 6.45) is -0.701. The second-order valence-electron chi connectivity index (χ2n) is 7.43. The summed E-state index contributed by atoms with van der Waals surface area (Å²) in [4.78, 5) is 24.6. The molecule has 0 fully saturated rings. The topological polar surface area (TPSA) is 67.4 Å². The van der Waals surface area contributed by atoms with Crippen molar-refractivity contribution in [1.82, 2.24) is 5.32 Å². The van der Waals surface area contributed by atoms with Gasteiger partial charge >= 0.3 is 0 Å². The first-order valence-electron chi connectivity index (χ1n) is 9.17. The Balaban J connectivity index is 2.05. The lowest BCUT2D eigenvalue weighted by molar-refractivity contribution is -0.122. The number of amides is 2. The van der Waals surface area contributed by atoms with E-state index < -0.39 is 6.10 Å². The van der Waals surface area contributed by atoms with Crippen molar-refractivity contribution >= 4 is 17.5 Å². The molecule has 144 valence electrons. The molecule has 27 heavy (non-hydrogen) atoms. The number of carbonyl (C=O) groups excluding carboxylic acids is 2. The Morgan fingerprint density at radius 2 is 1.67 bits per heavy atom. The molecule has 2 aromatic rings. The molecule has 5 heteroatoms. The normalized spacial score (nSPS) is 12.2. The summed E-state index contributed by atoms with van der Waals surface area (Å²) < 4.78 is 5.75. The van der Waals surface area contributed by atoms with Gasteiger partial charge in [0.25, 0.3) is 11.8 Å². The molecule has 0 saturated heterocycles. The van der Waals surface area contributed by atoms with Crippen LogP contribution in [0, 0.1) is 0 Å². The van der Waals surface area contributed by atoms with Crippen LogP contribution in [-0.4, -0.2) is 24.5 Å². The van der Waals surface area contributed by atoms with Gasteiger partial charge in [-0.25, -0.2) is 0 Å². The summed E-state index contributed by atoms with van der Waals surface area (Å²) in [6, 6.07) is 14.7. The van der Waals surface area contributed by atoms with Crippen LogP contribution in [0.4, 0.5) is 5.69 Å². The van der Waals surface area contributed by atoms with E-state index in [4.69, 9.17) is 4.74 Å². The van der Waals surface area contributed by atoms with Crippen LogP contribution in [0.25, 0.3) is 0 Å². The average molecular weight is 368 g/mol. The molecule has 5 nitrogen and oxygen atoms in total. The van der Waals surface area contributed by atoms with Gasteiger partial charge in [0.15, 0.2) is 6.10 Å². The van der Waals surface area contributed by atoms with Gasteiger partial charge < -0.3 is 15.4 Å². The lowest BCUT2D eigenvalue weighted by Gasteiger charge is -2.20. The second kappa shape index (κ2) is 8.71. The Bertz CT molecular complexity index is 792. The molecule has 0 saturated carbocycles. The van der Waals surface area contributed by atoms with Crippen molar-refractivity contribution in [3.63, 3.8) is 0 Å². The van der Waals surface area contributed by atoms with Crippen molar-refractivity contribution in [1.29, 1.82) is 0 Å². The minimum Gasteiger partial charge on any atom is -0.481 e. The van der Waals surface area contributed by atoms with Gasteiger partial charge in [-0.15, -0.1) is 0 Å². The summed E-state index contributed by atoms with van der Waals surface area (Å²) >= 11 is 0. The molecule has 2 amide bonds. The van der Waals surface area contributed by atoms with Crippen molar-refractivity contribution in [3.8, 4) is 5.75 Å². The largest absolute Gasteiger partial charge is 0.481 e. The lowest BCUT2D eigenvalue weighted by Crippen LogP contribution is -2.31. The summed E-state index contributed by atoms with van der Waals surface area (Å²) in [5.41, 5.74) is 2.15. The quantitative estimate of drug-likeness (QED) is 0.805. The van der Waals surface area contributed by atoms with Crippen molar-refractivity contribution in [2.45, 2.75) is 46.1 Å². The van der Waals surface area contributed by atoms with Crippen LogP contribution in [0.15, 0.2) is 48.5 Å². The van der Waals surface area contributed by atoms with E-state index in [1.807, 2.05) is 31.2 Å². The zero-order valence-electron chi connectivity index (χ0n) is 16.6. The van der Waals surface area contributed by atoms with Crippen LogP contribution < -0.4 is 15.4 Å². The number of hydrogen-bond donors (Lipinski definition) is 2. The molecule has 2 N–H and O–H groups in total. The van der Waals surface area contributed by atoms with Gasteiger partial charge in [0.2, 0.25) is 0 Å². The molecular weight excluding hydrogens is 340 g/mol. The maximum atomic E-state index is 12.5. The molecule has 0 heterocycles. The van der Waals surface area contributed by atoms with E-state index in [0.29, 0.717) is 23.5 Å². The van der Waals surface area contributed by atoms with E-state index in [1.54, 1.807) is 31.2 Å². The maximum absolute atomic E-state index is 12.5. The predicted molar refractivity (Wildman–Crippen MR) is 108 cm³/mol. The molecule has 0 aliphatic carbocycles. The zero-order valence-corrected chi connectivity index (χ0v) is 16.6. The Kier molecular flexibility index (Phi) is 6.61. The number of rotatable bonds is 6. The van der Waals surface area contributed by atoms with Crippen LogP contribution in [-0.2, 0) is 10.2 Å². The van der Waals surface area contributed by atoms with Gasteiger partial charge in [0.1, 0.15) is 5.75 Å². The number of anilines is 1. The van der Waals surface area contributed by atoms with Crippen molar-refractivity contribution < 1.29 is 14.3 Å².